The van der Waals surface area contributed by atoms with Gasteiger partial charge in [-0.1, -0.05) is 36.8 Å². The van der Waals surface area contributed by atoms with E-state index in [1.54, 1.807) is 16.6 Å². The summed E-state index contributed by atoms with van der Waals surface area (Å²) in [6.07, 6.45) is 5.66. The van der Waals surface area contributed by atoms with Crippen LogP contribution in [-0.4, -0.2) is 44.5 Å². The van der Waals surface area contributed by atoms with E-state index in [9.17, 15) is 9.59 Å². The SMILES string of the molecule is Cc1cccc(CCC2(C)CCN(C(Cc3cnc[nH]3)C(=O)NO)C2=O)c1. The van der Waals surface area contributed by atoms with Crippen LogP contribution in [0.1, 0.15) is 36.6 Å². The maximum absolute atomic E-state index is 13.1. The quantitative estimate of drug-likeness (QED) is 0.513. The molecule has 7 heteroatoms. The van der Waals surface area contributed by atoms with Crippen LogP contribution >= 0.6 is 0 Å². The van der Waals surface area contributed by atoms with Crippen LogP contribution in [0.15, 0.2) is 36.8 Å². The number of hydrogen-bond donors (Lipinski definition) is 3. The summed E-state index contributed by atoms with van der Waals surface area (Å²) in [6, 6.07) is 7.54. The monoisotopic (exact) mass is 370 g/mol. The number of aromatic nitrogens is 2. The molecule has 3 rings (SSSR count). The first-order valence-electron chi connectivity index (χ1n) is 9.21. The third-order valence-electron chi connectivity index (χ3n) is 5.49. The number of carbonyl (C=O) groups excluding carboxylic acids is 2. The summed E-state index contributed by atoms with van der Waals surface area (Å²) in [5.41, 5.74) is 4.35. The molecule has 0 saturated carbocycles. The Hall–Kier alpha value is -2.67. The number of rotatable bonds is 7. The number of likely N-dealkylation sites (tertiary alicyclic amines) is 1. The zero-order chi connectivity index (χ0) is 19.4. The number of nitrogens with one attached hydrogen (secondary N) is 2. The number of amides is 2. The van der Waals surface area contributed by atoms with E-state index >= 15 is 0 Å². The highest BCUT2D eigenvalue weighted by atomic mass is 16.5. The molecule has 1 saturated heterocycles. The zero-order valence-corrected chi connectivity index (χ0v) is 15.7. The van der Waals surface area contributed by atoms with Gasteiger partial charge in [-0.05, 0) is 31.7 Å². The van der Waals surface area contributed by atoms with Crippen LogP contribution in [-0.2, 0) is 22.4 Å². The predicted molar refractivity (Wildman–Crippen MR) is 99.9 cm³/mol. The summed E-state index contributed by atoms with van der Waals surface area (Å²) in [5.74, 6) is -0.621. The Bertz CT molecular complexity index is 805. The molecule has 1 aliphatic heterocycles. The molecule has 2 unspecified atom stereocenters. The van der Waals surface area contributed by atoms with E-state index in [-0.39, 0.29) is 12.3 Å². The van der Waals surface area contributed by atoms with Gasteiger partial charge in [0.2, 0.25) is 5.91 Å². The van der Waals surface area contributed by atoms with E-state index in [0.717, 1.165) is 18.5 Å². The average molecular weight is 370 g/mol. The molecule has 3 N–H and O–H groups in total. The molecule has 144 valence electrons. The summed E-state index contributed by atoms with van der Waals surface area (Å²) < 4.78 is 0. The van der Waals surface area contributed by atoms with Gasteiger partial charge in [0, 0.05) is 30.3 Å². The molecule has 2 amide bonds. The largest absolute Gasteiger partial charge is 0.348 e. The van der Waals surface area contributed by atoms with Crippen LogP contribution in [0.25, 0.3) is 0 Å². The Morgan fingerprint density at radius 3 is 2.96 bits per heavy atom. The number of imidazole rings is 1. The van der Waals surface area contributed by atoms with Crippen molar-refractivity contribution < 1.29 is 14.8 Å². The van der Waals surface area contributed by atoms with Crippen LogP contribution in [0.4, 0.5) is 0 Å². The van der Waals surface area contributed by atoms with Crippen molar-refractivity contribution in [2.75, 3.05) is 6.54 Å². The molecule has 1 aromatic heterocycles. The average Bonchev–Trinajstić information content (AvgIpc) is 3.27. The topological polar surface area (TPSA) is 98.3 Å². The first-order chi connectivity index (χ1) is 12.9. The van der Waals surface area contributed by atoms with Crippen molar-refractivity contribution in [1.82, 2.24) is 20.3 Å². The number of hydroxylamine groups is 1. The van der Waals surface area contributed by atoms with E-state index in [4.69, 9.17) is 5.21 Å². The van der Waals surface area contributed by atoms with Crippen LogP contribution in [0.2, 0.25) is 0 Å². The minimum Gasteiger partial charge on any atom is -0.348 e. The second-order valence-corrected chi connectivity index (χ2v) is 7.57. The molecule has 0 radical (unpaired) electrons. The molecule has 1 aliphatic rings. The molecular formula is C20H26N4O3. The third-order valence-corrected chi connectivity index (χ3v) is 5.49. The van der Waals surface area contributed by atoms with Crippen LogP contribution in [0, 0.1) is 12.3 Å². The van der Waals surface area contributed by atoms with Gasteiger partial charge in [0.15, 0.2) is 0 Å². The standard InChI is InChI=1S/C20H26N4O3/c1-14-4-3-5-15(10-14)6-7-20(2)8-9-24(19(20)26)17(18(25)23-27)11-16-12-21-13-22-16/h3-5,10,12-13,17,27H,6-9,11H2,1-2H3,(H,21,22)(H,23,25). The Morgan fingerprint density at radius 2 is 2.30 bits per heavy atom. The summed E-state index contributed by atoms with van der Waals surface area (Å²) >= 11 is 0. The Morgan fingerprint density at radius 1 is 1.48 bits per heavy atom. The van der Waals surface area contributed by atoms with Gasteiger partial charge >= 0.3 is 0 Å². The number of aryl methyl sites for hydroxylation is 2. The highest BCUT2D eigenvalue weighted by molar-refractivity contribution is 5.91. The molecule has 0 aliphatic carbocycles. The minimum absolute atomic E-state index is 0.0386. The molecule has 1 fully saturated rings. The molecule has 2 heterocycles. The highest BCUT2D eigenvalue weighted by Crippen LogP contribution is 2.37. The minimum atomic E-state index is -0.760. The van der Waals surface area contributed by atoms with Crippen molar-refractivity contribution in [3.63, 3.8) is 0 Å². The molecule has 1 aromatic carbocycles. The van der Waals surface area contributed by atoms with Crippen LogP contribution in [0.5, 0.6) is 0 Å². The Balaban J connectivity index is 1.71. The number of carbonyl (C=O) groups is 2. The first kappa shape index (κ1) is 19.1. The van der Waals surface area contributed by atoms with E-state index in [1.807, 2.05) is 13.0 Å². The van der Waals surface area contributed by atoms with Gasteiger partial charge in [0.25, 0.3) is 5.91 Å². The molecule has 2 aromatic rings. The fourth-order valence-electron chi connectivity index (χ4n) is 3.76. The highest BCUT2D eigenvalue weighted by Gasteiger charge is 2.46. The lowest BCUT2D eigenvalue weighted by Gasteiger charge is -2.28. The lowest BCUT2D eigenvalue weighted by atomic mass is 9.82. The molecule has 2 atom stereocenters. The second kappa shape index (κ2) is 7.92. The van der Waals surface area contributed by atoms with Gasteiger partial charge in [0.05, 0.1) is 6.33 Å². The summed E-state index contributed by atoms with van der Waals surface area (Å²) in [5, 5.41) is 9.13. The van der Waals surface area contributed by atoms with Crippen molar-refractivity contribution in [1.29, 1.82) is 0 Å². The zero-order valence-electron chi connectivity index (χ0n) is 15.7. The molecular weight excluding hydrogens is 344 g/mol. The van der Waals surface area contributed by atoms with Crippen molar-refractivity contribution in [2.45, 2.75) is 45.6 Å². The normalized spacial score (nSPS) is 20.7. The predicted octanol–water partition coefficient (Wildman–Crippen LogP) is 2.01. The molecule has 0 spiro atoms. The van der Waals surface area contributed by atoms with E-state index in [0.29, 0.717) is 13.0 Å². The number of benzene rings is 1. The lowest BCUT2D eigenvalue weighted by molar-refractivity contribution is -0.145. The maximum Gasteiger partial charge on any atom is 0.266 e. The van der Waals surface area contributed by atoms with Crippen molar-refractivity contribution in [2.24, 2.45) is 5.41 Å². The van der Waals surface area contributed by atoms with Gasteiger partial charge < -0.3 is 9.88 Å². The third kappa shape index (κ3) is 4.19. The Kier molecular flexibility index (Phi) is 5.60. The maximum atomic E-state index is 13.1. The lowest BCUT2D eigenvalue weighted by Crippen LogP contribution is -2.49. The smallest absolute Gasteiger partial charge is 0.266 e. The summed E-state index contributed by atoms with van der Waals surface area (Å²) in [7, 11) is 0. The summed E-state index contributed by atoms with van der Waals surface area (Å²) in [6.45, 7) is 4.52. The summed E-state index contributed by atoms with van der Waals surface area (Å²) in [4.78, 5) is 33.8. The Labute approximate surface area is 158 Å². The molecule has 27 heavy (non-hydrogen) atoms. The van der Waals surface area contributed by atoms with Gasteiger partial charge in [-0.25, -0.2) is 10.5 Å². The van der Waals surface area contributed by atoms with Crippen molar-refractivity contribution >= 4 is 11.8 Å². The van der Waals surface area contributed by atoms with Crippen molar-refractivity contribution in [3.8, 4) is 0 Å². The van der Waals surface area contributed by atoms with E-state index in [2.05, 4.69) is 35.1 Å². The number of nitrogens with zero attached hydrogens (tertiary/aromatic N) is 2. The fraction of sp³-hybridized carbons (Fsp3) is 0.450. The van der Waals surface area contributed by atoms with Gasteiger partial charge in [-0.3, -0.25) is 14.8 Å². The number of aromatic amines is 1. The molecule has 0 bridgehead atoms. The van der Waals surface area contributed by atoms with Gasteiger partial charge in [-0.2, -0.15) is 0 Å². The van der Waals surface area contributed by atoms with Crippen LogP contribution in [0.3, 0.4) is 0 Å². The van der Waals surface area contributed by atoms with Gasteiger partial charge in [-0.15, -0.1) is 0 Å². The van der Waals surface area contributed by atoms with Crippen molar-refractivity contribution in [3.05, 3.63) is 53.6 Å². The fourth-order valence-corrected chi connectivity index (χ4v) is 3.76. The van der Waals surface area contributed by atoms with E-state index < -0.39 is 17.4 Å². The van der Waals surface area contributed by atoms with Gasteiger partial charge in [0.1, 0.15) is 6.04 Å². The number of hydrogen-bond acceptors (Lipinski definition) is 4. The van der Waals surface area contributed by atoms with E-state index in [1.165, 1.54) is 17.5 Å². The number of H-pyrrole nitrogens is 1. The van der Waals surface area contributed by atoms with Crippen LogP contribution < -0.4 is 5.48 Å². The molecule has 7 nitrogen and oxygen atoms in total. The first-order valence-corrected chi connectivity index (χ1v) is 9.21. The second-order valence-electron chi connectivity index (χ2n) is 7.57.